The molecule has 3 aromatic rings. The highest BCUT2D eigenvalue weighted by molar-refractivity contribution is 6.03. The summed E-state index contributed by atoms with van der Waals surface area (Å²) in [5, 5.41) is 9.71. The summed E-state index contributed by atoms with van der Waals surface area (Å²) in [6.45, 7) is 3.95. The molecule has 0 amide bonds. The van der Waals surface area contributed by atoms with Crippen molar-refractivity contribution < 1.29 is 14.3 Å². The Balaban J connectivity index is 2.32. The monoisotopic (exact) mass is 295 g/mol. The number of carboxylic acid groups (broad SMARTS) is 1. The number of carboxylic acids is 1. The van der Waals surface area contributed by atoms with Gasteiger partial charge in [-0.2, -0.15) is 0 Å². The molecule has 0 aliphatic rings. The Hall–Kier alpha value is -2.75. The van der Waals surface area contributed by atoms with Crippen LogP contribution in [0.3, 0.4) is 0 Å². The SMILES string of the molecule is Cc1ccc(-c2cc(C(=O)O)c3cc(F)ccc3n2)c(C)c1. The summed E-state index contributed by atoms with van der Waals surface area (Å²) in [5.74, 6) is -1.57. The summed E-state index contributed by atoms with van der Waals surface area (Å²) < 4.78 is 13.4. The second-order valence-electron chi connectivity index (χ2n) is 5.34. The summed E-state index contributed by atoms with van der Waals surface area (Å²) in [6.07, 6.45) is 0. The molecular weight excluding hydrogens is 281 g/mol. The number of pyridine rings is 1. The minimum atomic E-state index is -1.09. The van der Waals surface area contributed by atoms with E-state index in [0.717, 1.165) is 16.7 Å². The topological polar surface area (TPSA) is 50.2 Å². The van der Waals surface area contributed by atoms with Gasteiger partial charge >= 0.3 is 5.97 Å². The highest BCUT2D eigenvalue weighted by Gasteiger charge is 2.14. The highest BCUT2D eigenvalue weighted by Crippen LogP contribution is 2.28. The fourth-order valence-electron chi connectivity index (χ4n) is 2.61. The number of carbonyl (C=O) groups is 1. The number of aromatic carboxylic acids is 1. The van der Waals surface area contributed by atoms with E-state index in [0.29, 0.717) is 16.6 Å². The van der Waals surface area contributed by atoms with Crippen molar-refractivity contribution in [1.82, 2.24) is 4.98 Å². The fourth-order valence-corrected chi connectivity index (χ4v) is 2.61. The molecule has 3 nitrogen and oxygen atoms in total. The van der Waals surface area contributed by atoms with Crippen molar-refractivity contribution in [1.29, 1.82) is 0 Å². The maximum Gasteiger partial charge on any atom is 0.336 e. The van der Waals surface area contributed by atoms with Gasteiger partial charge in [0.1, 0.15) is 5.82 Å². The first-order valence-electron chi connectivity index (χ1n) is 6.87. The van der Waals surface area contributed by atoms with Gasteiger partial charge in [0, 0.05) is 10.9 Å². The van der Waals surface area contributed by atoms with Gasteiger partial charge < -0.3 is 5.11 Å². The van der Waals surface area contributed by atoms with E-state index in [-0.39, 0.29) is 5.56 Å². The molecule has 0 saturated carbocycles. The van der Waals surface area contributed by atoms with Crippen LogP contribution in [0.4, 0.5) is 4.39 Å². The lowest BCUT2D eigenvalue weighted by atomic mass is 9.99. The average Bonchev–Trinajstić information content (AvgIpc) is 2.46. The van der Waals surface area contributed by atoms with Crippen LogP contribution in [0.5, 0.6) is 0 Å². The predicted octanol–water partition coefficient (Wildman–Crippen LogP) is 4.36. The van der Waals surface area contributed by atoms with E-state index in [9.17, 15) is 14.3 Å². The largest absolute Gasteiger partial charge is 0.478 e. The Labute approximate surface area is 127 Å². The van der Waals surface area contributed by atoms with Crippen LogP contribution in [-0.2, 0) is 0 Å². The molecule has 1 N–H and O–H groups in total. The van der Waals surface area contributed by atoms with Crippen LogP contribution in [0, 0.1) is 19.7 Å². The van der Waals surface area contributed by atoms with Crippen LogP contribution in [0.2, 0.25) is 0 Å². The van der Waals surface area contributed by atoms with Gasteiger partial charge in [-0.25, -0.2) is 14.2 Å². The van der Waals surface area contributed by atoms with Gasteiger partial charge in [-0.1, -0.05) is 23.8 Å². The van der Waals surface area contributed by atoms with Crippen molar-refractivity contribution in [2.75, 3.05) is 0 Å². The molecule has 0 radical (unpaired) electrons. The number of aromatic nitrogens is 1. The van der Waals surface area contributed by atoms with Gasteiger partial charge in [-0.3, -0.25) is 0 Å². The van der Waals surface area contributed by atoms with Gasteiger partial charge in [0.05, 0.1) is 16.8 Å². The number of rotatable bonds is 2. The molecule has 0 unspecified atom stereocenters. The van der Waals surface area contributed by atoms with Gasteiger partial charge in [-0.05, 0) is 43.7 Å². The Morgan fingerprint density at radius 1 is 1.09 bits per heavy atom. The number of hydrogen-bond acceptors (Lipinski definition) is 2. The lowest BCUT2D eigenvalue weighted by Gasteiger charge is -2.10. The van der Waals surface area contributed by atoms with E-state index in [2.05, 4.69) is 4.98 Å². The molecule has 1 aromatic heterocycles. The Bertz CT molecular complexity index is 903. The van der Waals surface area contributed by atoms with E-state index in [1.165, 1.54) is 24.3 Å². The molecule has 0 aliphatic carbocycles. The lowest BCUT2D eigenvalue weighted by Crippen LogP contribution is -2.01. The minimum absolute atomic E-state index is 0.0551. The van der Waals surface area contributed by atoms with Gasteiger partial charge in [0.15, 0.2) is 0 Å². The summed E-state index contributed by atoms with van der Waals surface area (Å²) >= 11 is 0. The zero-order chi connectivity index (χ0) is 15.9. The van der Waals surface area contributed by atoms with E-state index >= 15 is 0 Å². The van der Waals surface area contributed by atoms with E-state index < -0.39 is 11.8 Å². The molecule has 3 rings (SSSR count). The summed E-state index contributed by atoms with van der Waals surface area (Å²) in [5.41, 5.74) is 4.12. The maximum absolute atomic E-state index is 13.4. The smallest absolute Gasteiger partial charge is 0.336 e. The normalized spacial score (nSPS) is 10.9. The first kappa shape index (κ1) is 14.2. The Morgan fingerprint density at radius 3 is 2.55 bits per heavy atom. The third-order valence-corrected chi connectivity index (χ3v) is 3.66. The summed E-state index contributed by atoms with van der Waals surface area (Å²) in [7, 11) is 0. The fraction of sp³-hybridized carbons (Fsp3) is 0.111. The van der Waals surface area contributed by atoms with Crippen LogP contribution in [-0.4, -0.2) is 16.1 Å². The molecule has 0 spiro atoms. The number of halogens is 1. The van der Waals surface area contributed by atoms with Crippen LogP contribution >= 0.6 is 0 Å². The molecule has 2 aromatic carbocycles. The zero-order valence-electron chi connectivity index (χ0n) is 12.2. The first-order valence-corrected chi connectivity index (χ1v) is 6.87. The van der Waals surface area contributed by atoms with Gasteiger partial charge in [0.25, 0.3) is 0 Å². The third kappa shape index (κ3) is 2.44. The first-order chi connectivity index (χ1) is 10.5. The quantitative estimate of drug-likeness (QED) is 0.764. The lowest BCUT2D eigenvalue weighted by molar-refractivity contribution is 0.0699. The molecule has 0 bridgehead atoms. The molecule has 1 heterocycles. The number of aryl methyl sites for hydroxylation is 2. The van der Waals surface area contributed by atoms with E-state index in [4.69, 9.17) is 0 Å². The second kappa shape index (κ2) is 5.22. The molecular formula is C18H14FNO2. The van der Waals surface area contributed by atoms with Crippen molar-refractivity contribution in [2.45, 2.75) is 13.8 Å². The van der Waals surface area contributed by atoms with Crippen LogP contribution in [0.15, 0.2) is 42.5 Å². The number of nitrogens with zero attached hydrogens (tertiary/aromatic N) is 1. The van der Waals surface area contributed by atoms with E-state index in [1.807, 2.05) is 32.0 Å². The second-order valence-corrected chi connectivity index (χ2v) is 5.34. The number of fused-ring (bicyclic) bond motifs is 1. The standard InChI is InChI=1S/C18H14FNO2/c1-10-3-5-13(11(2)7-10)17-9-15(18(21)22)14-8-12(19)4-6-16(14)20-17/h3-9H,1-2H3,(H,21,22). The van der Waals surface area contributed by atoms with Crippen LogP contribution < -0.4 is 0 Å². The predicted molar refractivity (Wildman–Crippen MR) is 83.6 cm³/mol. The average molecular weight is 295 g/mol. The number of hydrogen-bond donors (Lipinski definition) is 1. The molecule has 4 heteroatoms. The molecule has 0 fully saturated rings. The molecule has 110 valence electrons. The number of benzene rings is 2. The van der Waals surface area contributed by atoms with E-state index in [1.54, 1.807) is 0 Å². The zero-order valence-corrected chi connectivity index (χ0v) is 12.2. The molecule has 0 atom stereocenters. The van der Waals surface area contributed by atoms with Crippen molar-refractivity contribution in [3.8, 4) is 11.3 Å². The van der Waals surface area contributed by atoms with Crippen molar-refractivity contribution in [3.05, 3.63) is 65.0 Å². The van der Waals surface area contributed by atoms with Crippen molar-refractivity contribution in [2.24, 2.45) is 0 Å². The highest BCUT2D eigenvalue weighted by atomic mass is 19.1. The minimum Gasteiger partial charge on any atom is -0.478 e. The molecule has 0 saturated heterocycles. The van der Waals surface area contributed by atoms with Gasteiger partial charge in [0.2, 0.25) is 0 Å². The van der Waals surface area contributed by atoms with Crippen molar-refractivity contribution >= 4 is 16.9 Å². The Morgan fingerprint density at radius 2 is 1.86 bits per heavy atom. The van der Waals surface area contributed by atoms with Crippen molar-refractivity contribution in [3.63, 3.8) is 0 Å². The Kier molecular flexibility index (Phi) is 3.37. The third-order valence-electron chi connectivity index (χ3n) is 3.66. The maximum atomic E-state index is 13.4. The van der Waals surface area contributed by atoms with Gasteiger partial charge in [-0.15, -0.1) is 0 Å². The van der Waals surface area contributed by atoms with Crippen LogP contribution in [0.25, 0.3) is 22.2 Å². The summed E-state index contributed by atoms with van der Waals surface area (Å²) in [4.78, 5) is 16.0. The molecule has 22 heavy (non-hydrogen) atoms. The summed E-state index contributed by atoms with van der Waals surface area (Å²) in [6, 6.07) is 11.4. The molecule has 0 aliphatic heterocycles. The van der Waals surface area contributed by atoms with Crippen LogP contribution in [0.1, 0.15) is 21.5 Å².